The molecule has 2 aliphatic rings. The fraction of sp³-hybridized carbons (Fsp3) is 0.531. The normalized spacial score (nSPS) is 18.4. The monoisotopic (exact) mass is 554 g/mol. The largest absolute Gasteiger partial charge is 0.369 e. The predicted octanol–water partition coefficient (Wildman–Crippen LogP) is 4.83. The first-order valence-corrected chi connectivity index (χ1v) is 14.5. The lowest BCUT2D eigenvalue weighted by Crippen LogP contribution is -2.61. The highest BCUT2D eigenvalue weighted by molar-refractivity contribution is 5.99. The lowest BCUT2D eigenvalue weighted by Gasteiger charge is -2.40. The Morgan fingerprint density at radius 3 is 2.30 bits per heavy atom. The molecule has 1 aliphatic carbocycles. The molecule has 1 heterocycles. The zero-order valence-corrected chi connectivity index (χ0v) is 24.2. The number of hydrogen-bond donors (Lipinski definition) is 2. The Labute approximate surface area is 239 Å². The minimum atomic E-state index is -1.04. The second kappa shape index (κ2) is 17.6. The number of likely N-dealkylation sites (tertiary alicyclic amines) is 1. The standard InChI is InChI=1S/C25H34FN3O2.C7H13NO/c1-3-10-23(26)14-7-8-18-29(21(2)30)24(31)25(27)15-19-28(20-16-25)17-9-13-22-11-5-4-6-12-22;8-7(9)6-4-2-1-3-5-6/h3-8,10-12,14H,9,13,15-20,27H2,1-2H3;6H,1-5H2,(H2,8,9)/b8-7+,10-3-,23-14+;. The SMILES string of the molecule is C\C=C/C(F)=C\C=C\CN(C(C)=O)C(=O)C1(N)CCN(CCCc2ccccc2)CC1.NC(=O)C1CCCCC1. The molecule has 0 spiro atoms. The van der Waals surface area contributed by atoms with Gasteiger partial charge in [-0.1, -0.05) is 67.8 Å². The van der Waals surface area contributed by atoms with E-state index in [1.165, 1.54) is 50.0 Å². The first-order chi connectivity index (χ1) is 19.2. The molecule has 220 valence electrons. The Morgan fingerprint density at radius 2 is 1.75 bits per heavy atom. The van der Waals surface area contributed by atoms with Gasteiger partial charge in [0.25, 0.3) is 0 Å². The van der Waals surface area contributed by atoms with Gasteiger partial charge in [-0.05, 0) is 69.7 Å². The van der Waals surface area contributed by atoms with Crippen LogP contribution in [0.2, 0.25) is 0 Å². The third-order valence-electron chi connectivity index (χ3n) is 7.60. The molecule has 0 atom stereocenters. The van der Waals surface area contributed by atoms with Crippen LogP contribution >= 0.6 is 0 Å². The van der Waals surface area contributed by atoms with Crippen molar-refractivity contribution in [2.45, 2.75) is 77.2 Å². The number of piperidine rings is 1. The smallest absolute Gasteiger partial charge is 0.249 e. The molecular weight excluding hydrogens is 507 g/mol. The highest BCUT2D eigenvalue weighted by atomic mass is 19.1. The van der Waals surface area contributed by atoms with Crippen molar-refractivity contribution in [3.05, 3.63) is 72.1 Å². The van der Waals surface area contributed by atoms with Crippen molar-refractivity contribution in [2.75, 3.05) is 26.2 Å². The van der Waals surface area contributed by atoms with E-state index in [0.717, 1.165) is 50.2 Å². The third-order valence-corrected chi connectivity index (χ3v) is 7.60. The highest BCUT2D eigenvalue weighted by Crippen LogP contribution is 2.24. The fourth-order valence-corrected chi connectivity index (χ4v) is 5.09. The minimum Gasteiger partial charge on any atom is -0.369 e. The number of imide groups is 1. The van der Waals surface area contributed by atoms with E-state index < -0.39 is 11.4 Å². The van der Waals surface area contributed by atoms with Crippen LogP contribution < -0.4 is 11.5 Å². The number of primary amides is 1. The van der Waals surface area contributed by atoms with E-state index in [9.17, 15) is 18.8 Å². The van der Waals surface area contributed by atoms with Crippen LogP contribution in [0.15, 0.2) is 66.5 Å². The van der Waals surface area contributed by atoms with E-state index in [1.54, 1.807) is 19.1 Å². The molecule has 0 aromatic heterocycles. The van der Waals surface area contributed by atoms with Crippen molar-refractivity contribution in [2.24, 2.45) is 17.4 Å². The van der Waals surface area contributed by atoms with Crippen molar-refractivity contribution in [3.63, 3.8) is 0 Å². The molecule has 40 heavy (non-hydrogen) atoms. The maximum atomic E-state index is 13.4. The summed E-state index contributed by atoms with van der Waals surface area (Å²) in [4.78, 5) is 39.1. The van der Waals surface area contributed by atoms with Gasteiger partial charge in [0.15, 0.2) is 0 Å². The number of carbonyl (C=O) groups is 3. The van der Waals surface area contributed by atoms with Gasteiger partial charge in [0.1, 0.15) is 5.83 Å². The molecule has 0 radical (unpaired) electrons. The summed E-state index contributed by atoms with van der Waals surface area (Å²) >= 11 is 0. The molecule has 1 aromatic rings. The number of aryl methyl sites for hydroxylation is 1. The maximum Gasteiger partial charge on any atom is 0.249 e. The number of rotatable bonds is 10. The lowest BCUT2D eigenvalue weighted by atomic mass is 9.86. The van der Waals surface area contributed by atoms with E-state index in [0.29, 0.717) is 12.8 Å². The zero-order valence-electron chi connectivity index (χ0n) is 24.2. The summed E-state index contributed by atoms with van der Waals surface area (Å²) in [5, 5.41) is 0. The topological polar surface area (TPSA) is 110 Å². The van der Waals surface area contributed by atoms with Gasteiger partial charge in [0.2, 0.25) is 17.7 Å². The van der Waals surface area contributed by atoms with Crippen LogP contribution in [-0.2, 0) is 20.8 Å². The van der Waals surface area contributed by atoms with Gasteiger partial charge in [-0.3, -0.25) is 19.3 Å². The van der Waals surface area contributed by atoms with Crippen LogP contribution in [0.5, 0.6) is 0 Å². The molecule has 1 aromatic carbocycles. The average Bonchev–Trinajstić information content (AvgIpc) is 2.95. The quantitative estimate of drug-likeness (QED) is 0.403. The van der Waals surface area contributed by atoms with Gasteiger partial charge in [-0.2, -0.15) is 0 Å². The lowest BCUT2D eigenvalue weighted by molar-refractivity contribution is -0.147. The van der Waals surface area contributed by atoms with Crippen molar-refractivity contribution in [1.82, 2.24) is 9.80 Å². The summed E-state index contributed by atoms with van der Waals surface area (Å²) in [7, 11) is 0. The molecule has 8 heteroatoms. The van der Waals surface area contributed by atoms with Gasteiger partial charge in [0.05, 0.1) is 5.54 Å². The van der Waals surface area contributed by atoms with Crippen molar-refractivity contribution < 1.29 is 18.8 Å². The van der Waals surface area contributed by atoms with Gasteiger partial charge < -0.3 is 16.4 Å². The Hall–Kier alpha value is -3.10. The zero-order chi connectivity index (χ0) is 29.4. The van der Waals surface area contributed by atoms with E-state index in [2.05, 4.69) is 29.2 Å². The summed E-state index contributed by atoms with van der Waals surface area (Å²) in [5.41, 5.74) is 11.9. The number of hydrogen-bond acceptors (Lipinski definition) is 5. The number of nitrogens with zero attached hydrogens (tertiary/aromatic N) is 2. The van der Waals surface area contributed by atoms with E-state index in [1.807, 2.05) is 6.07 Å². The number of halogens is 1. The van der Waals surface area contributed by atoms with Gasteiger partial charge >= 0.3 is 0 Å². The number of benzene rings is 1. The van der Waals surface area contributed by atoms with Crippen LogP contribution in [-0.4, -0.2) is 59.2 Å². The molecule has 2 fully saturated rings. The molecular formula is C32H47FN4O3. The Kier molecular flexibility index (Phi) is 14.5. The molecule has 0 unspecified atom stereocenters. The Balaban J connectivity index is 0.000000526. The summed E-state index contributed by atoms with van der Waals surface area (Å²) in [5.74, 6) is -1.02. The first kappa shape index (κ1) is 33.1. The summed E-state index contributed by atoms with van der Waals surface area (Å²) in [6.45, 7) is 5.58. The Bertz CT molecular complexity index is 1020. The second-order valence-electron chi connectivity index (χ2n) is 10.7. The number of allylic oxidation sites excluding steroid dienone is 5. The maximum absolute atomic E-state index is 13.4. The molecule has 1 saturated carbocycles. The molecule has 1 saturated heterocycles. The minimum absolute atomic E-state index is 0.0769. The van der Waals surface area contributed by atoms with Crippen LogP contribution in [0.25, 0.3) is 0 Å². The number of amides is 3. The number of nitrogens with two attached hydrogens (primary N) is 2. The third kappa shape index (κ3) is 11.6. The summed E-state index contributed by atoms with van der Waals surface area (Å²) < 4.78 is 13.4. The fourth-order valence-electron chi connectivity index (χ4n) is 5.09. The highest BCUT2D eigenvalue weighted by Gasteiger charge is 2.41. The molecule has 4 N–H and O–H groups in total. The van der Waals surface area contributed by atoms with Crippen LogP contribution in [0.1, 0.15) is 70.8 Å². The van der Waals surface area contributed by atoms with Crippen LogP contribution in [0.3, 0.4) is 0 Å². The molecule has 3 amide bonds. The second-order valence-corrected chi connectivity index (χ2v) is 10.7. The van der Waals surface area contributed by atoms with E-state index >= 15 is 0 Å². The molecule has 3 rings (SSSR count). The molecule has 1 aliphatic heterocycles. The Morgan fingerprint density at radius 1 is 1.10 bits per heavy atom. The van der Waals surface area contributed by atoms with E-state index in [4.69, 9.17) is 11.5 Å². The van der Waals surface area contributed by atoms with Gasteiger partial charge in [-0.15, -0.1) is 0 Å². The van der Waals surface area contributed by atoms with Gasteiger partial charge in [0, 0.05) is 32.5 Å². The van der Waals surface area contributed by atoms with E-state index in [-0.39, 0.29) is 30.2 Å². The van der Waals surface area contributed by atoms with Crippen LogP contribution in [0, 0.1) is 5.92 Å². The summed E-state index contributed by atoms with van der Waals surface area (Å²) in [6, 6.07) is 10.4. The molecule has 0 bridgehead atoms. The van der Waals surface area contributed by atoms with Gasteiger partial charge in [-0.25, -0.2) is 4.39 Å². The summed E-state index contributed by atoms with van der Waals surface area (Å²) in [6.07, 6.45) is 16.1. The van der Waals surface area contributed by atoms with Crippen molar-refractivity contribution in [3.8, 4) is 0 Å². The van der Waals surface area contributed by atoms with Crippen molar-refractivity contribution >= 4 is 17.7 Å². The molecule has 7 nitrogen and oxygen atoms in total. The first-order valence-electron chi connectivity index (χ1n) is 14.5. The van der Waals surface area contributed by atoms with Crippen LogP contribution in [0.4, 0.5) is 4.39 Å². The average molecular weight is 555 g/mol. The number of carbonyl (C=O) groups excluding carboxylic acids is 3. The predicted molar refractivity (Wildman–Crippen MR) is 159 cm³/mol. The van der Waals surface area contributed by atoms with Crippen molar-refractivity contribution in [1.29, 1.82) is 0 Å².